The number of pyridine rings is 1. The van der Waals surface area contributed by atoms with E-state index in [2.05, 4.69) is 4.98 Å². The van der Waals surface area contributed by atoms with Gasteiger partial charge in [0.25, 0.3) is 0 Å². The van der Waals surface area contributed by atoms with E-state index in [0.717, 1.165) is 12.2 Å². The third-order valence-electron chi connectivity index (χ3n) is 2.16. The zero-order valence-electron chi connectivity index (χ0n) is 8.99. The molecule has 0 amide bonds. The Morgan fingerprint density at radius 2 is 2.21 bits per heavy atom. The SMILES string of the molecule is COC(C)(C)CCOc1cccnc1. The largest absolute Gasteiger partial charge is 0.492 e. The highest BCUT2D eigenvalue weighted by Crippen LogP contribution is 2.14. The standard InChI is InChI=1S/C11H17NO2/c1-11(2,13-3)6-8-14-10-5-4-7-12-9-10/h4-5,7,9H,6,8H2,1-3H3. The van der Waals surface area contributed by atoms with Crippen LogP contribution in [-0.4, -0.2) is 24.3 Å². The number of nitrogens with zero attached hydrogens (tertiary/aromatic N) is 1. The lowest BCUT2D eigenvalue weighted by Gasteiger charge is -2.22. The molecule has 3 nitrogen and oxygen atoms in total. The Morgan fingerprint density at radius 3 is 2.79 bits per heavy atom. The number of rotatable bonds is 5. The molecule has 0 aliphatic heterocycles. The number of ether oxygens (including phenoxy) is 2. The van der Waals surface area contributed by atoms with Gasteiger partial charge in [0.15, 0.2) is 0 Å². The van der Waals surface area contributed by atoms with E-state index >= 15 is 0 Å². The van der Waals surface area contributed by atoms with Crippen molar-refractivity contribution in [1.29, 1.82) is 0 Å². The van der Waals surface area contributed by atoms with E-state index in [-0.39, 0.29) is 5.60 Å². The van der Waals surface area contributed by atoms with Crippen LogP contribution in [0.4, 0.5) is 0 Å². The molecule has 1 aromatic rings. The van der Waals surface area contributed by atoms with Gasteiger partial charge >= 0.3 is 0 Å². The third kappa shape index (κ3) is 3.75. The van der Waals surface area contributed by atoms with Gasteiger partial charge in [-0.3, -0.25) is 4.98 Å². The Labute approximate surface area is 85.1 Å². The van der Waals surface area contributed by atoms with E-state index in [1.807, 2.05) is 26.0 Å². The number of aromatic nitrogens is 1. The molecular formula is C11H17NO2. The summed E-state index contributed by atoms with van der Waals surface area (Å²) in [6.07, 6.45) is 4.30. The molecule has 1 rings (SSSR count). The van der Waals surface area contributed by atoms with Crippen molar-refractivity contribution >= 4 is 0 Å². The summed E-state index contributed by atoms with van der Waals surface area (Å²) in [5.41, 5.74) is -0.123. The number of hydrogen-bond donors (Lipinski definition) is 0. The first-order chi connectivity index (χ1) is 6.64. The second-order valence-electron chi connectivity index (χ2n) is 3.75. The van der Waals surface area contributed by atoms with Gasteiger partial charge in [0.1, 0.15) is 5.75 Å². The molecule has 0 aromatic carbocycles. The second-order valence-corrected chi connectivity index (χ2v) is 3.75. The fourth-order valence-corrected chi connectivity index (χ4v) is 0.949. The highest BCUT2D eigenvalue weighted by molar-refractivity contribution is 5.15. The maximum atomic E-state index is 5.50. The summed E-state index contributed by atoms with van der Waals surface area (Å²) in [6, 6.07) is 3.75. The van der Waals surface area contributed by atoms with Crippen molar-refractivity contribution in [1.82, 2.24) is 4.98 Å². The zero-order valence-corrected chi connectivity index (χ0v) is 8.99. The maximum absolute atomic E-state index is 5.50. The van der Waals surface area contributed by atoms with Crippen molar-refractivity contribution in [3.05, 3.63) is 24.5 Å². The predicted molar refractivity (Wildman–Crippen MR) is 55.4 cm³/mol. The van der Waals surface area contributed by atoms with Crippen LogP contribution < -0.4 is 4.74 Å². The minimum Gasteiger partial charge on any atom is -0.492 e. The summed E-state index contributed by atoms with van der Waals surface area (Å²) in [6.45, 7) is 4.73. The van der Waals surface area contributed by atoms with E-state index < -0.39 is 0 Å². The van der Waals surface area contributed by atoms with Crippen molar-refractivity contribution < 1.29 is 9.47 Å². The smallest absolute Gasteiger partial charge is 0.137 e. The van der Waals surface area contributed by atoms with Gasteiger partial charge in [-0.25, -0.2) is 0 Å². The Balaban J connectivity index is 2.29. The summed E-state index contributed by atoms with van der Waals surface area (Å²) in [5.74, 6) is 0.805. The van der Waals surface area contributed by atoms with E-state index in [1.54, 1.807) is 19.5 Å². The third-order valence-corrected chi connectivity index (χ3v) is 2.16. The van der Waals surface area contributed by atoms with Gasteiger partial charge in [0.2, 0.25) is 0 Å². The van der Waals surface area contributed by atoms with Crippen molar-refractivity contribution in [2.24, 2.45) is 0 Å². The molecule has 14 heavy (non-hydrogen) atoms. The molecule has 0 atom stereocenters. The van der Waals surface area contributed by atoms with E-state index in [9.17, 15) is 0 Å². The minimum atomic E-state index is -0.123. The average Bonchev–Trinajstić information content (AvgIpc) is 2.19. The topological polar surface area (TPSA) is 31.4 Å². The Hall–Kier alpha value is -1.09. The van der Waals surface area contributed by atoms with Crippen LogP contribution >= 0.6 is 0 Å². The van der Waals surface area contributed by atoms with Gasteiger partial charge in [-0.05, 0) is 26.0 Å². The molecule has 78 valence electrons. The molecule has 0 radical (unpaired) electrons. The molecule has 0 N–H and O–H groups in total. The lowest BCUT2D eigenvalue weighted by molar-refractivity contribution is 0.00543. The van der Waals surface area contributed by atoms with Crippen LogP contribution in [0, 0.1) is 0 Å². The lowest BCUT2D eigenvalue weighted by Crippen LogP contribution is -2.25. The highest BCUT2D eigenvalue weighted by atomic mass is 16.5. The van der Waals surface area contributed by atoms with Crippen molar-refractivity contribution in [2.45, 2.75) is 25.9 Å². The first kappa shape index (κ1) is 11.0. The molecule has 0 unspecified atom stereocenters. The molecule has 1 heterocycles. The quantitative estimate of drug-likeness (QED) is 0.722. The van der Waals surface area contributed by atoms with E-state index in [0.29, 0.717) is 6.61 Å². The average molecular weight is 195 g/mol. The normalized spacial score (nSPS) is 11.4. The molecule has 1 aromatic heterocycles. The van der Waals surface area contributed by atoms with E-state index in [1.165, 1.54) is 0 Å². The summed E-state index contributed by atoms with van der Waals surface area (Å²) in [5, 5.41) is 0. The fraction of sp³-hybridized carbons (Fsp3) is 0.545. The van der Waals surface area contributed by atoms with Gasteiger partial charge in [0.05, 0.1) is 18.4 Å². The van der Waals surface area contributed by atoms with Crippen LogP contribution in [0.5, 0.6) is 5.75 Å². The summed E-state index contributed by atoms with van der Waals surface area (Å²) < 4.78 is 10.8. The summed E-state index contributed by atoms with van der Waals surface area (Å²) in [7, 11) is 1.71. The molecule has 0 fully saturated rings. The van der Waals surface area contributed by atoms with Crippen LogP contribution in [0.25, 0.3) is 0 Å². The van der Waals surface area contributed by atoms with Crippen LogP contribution in [0.3, 0.4) is 0 Å². The Bertz CT molecular complexity index is 259. The lowest BCUT2D eigenvalue weighted by atomic mass is 10.1. The first-order valence-electron chi connectivity index (χ1n) is 4.72. The fourth-order valence-electron chi connectivity index (χ4n) is 0.949. The molecule has 0 saturated heterocycles. The van der Waals surface area contributed by atoms with Gasteiger partial charge < -0.3 is 9.47 Å². The summed E-state index contributed by atoms with van der Waals surface area (Å²) >= 11 is 0. The second kappa shape index (κ2) is 4.96. The van der Waals surface area contributed by atoms with Gasteiger partial charge in [-0.2, -0.15) is 0 Å². The molecule has 3 heteroatoms. The zero-order chi connectivity index (χ0) is 10.4. The van der Waals surface area contributed by atoms with Gasteiger partial charge in [-0.15, -0.1) is 0 Å². The first-order valence-corrected chi connectivity index (χ1v) is 4.72. The number of methoxy groups -OCH3 is 1. The van der Waals surface area contributed by atoms with Crippen molar-refractivity contribution in [3.63, 3.8) is 0 Å². The van der Waals surface area contributed by atoms with Crippen molar-refractivity contribution in [2.75, 3.05) is 13.7 Å². The molecule has 0 saturated carbocycles. The van der Waals surface area contributed by atoms with Crippen LogP contribution in [0.1, 0.15) is 20.3 Å². The molecular weight excluding hydrogens is 178 g/mol. The number of hydrogen-bond acceptors (Lipinski definition) is 3. The van der Waals surface area contributed by atoms with Crippen LogP contribution in [0.2, 0.25) is 0 Å². The molecule has 0 aliphatic rings. The Kier molecular flexibility index (Phi) is 3.89. The molecule has 0 spiro atoms. The van der Waals surface area contributed by atoms with Gasteiger partial charge in [-0.1, -0.05) is 0 Å². The highest BCUT2D eigenvalue weighted by Gasteiger charge is 2.15. The van der Waals surface area contributed by atoms with E-state index in [4.69, 9.17) is 9.47 Å². The minimum absolute atomic E-state index is 0.123. The monoisotopic (exact) mass is 195 g/mol. The van der Waals surface area contributed by atoms with Crippen molar-refractivity contribution in [3.8, 4) is 5.75 Å². The molecule has 0 bridgehead atoms. The molecule has 0 aliphatic carbocycles. The van der Waals surface area contributed by atoms with Gasteiger partial charge in [0, 0.05) is 19.7 Å². The predicted octanol–water partition coefficient (Wildman–Crippen LogP) is 2.28. The maximum Gasteiger partial charge on any atom is 0.137 e. The summed E-state index contributed by atoms with van der Waals surface area (Å²) in [4.78, 5) is 3.96. The van der Waals surface area contributed by atoms with Crippen LogP contribution in [0.15, 0.2) is 24.5 Å². The van der Waals surface area contributed by atoms with Crippen LogP contribution in [-0.2, 0) is 4.74 Å². The Morgan fingerprint density at radius 1 is 1.43 bits per heavy atom.